The molecule has 0 saturated carbocycles. The topological polar surface area (TPSA) is 105 Å². The zero-order chi connectivity index (χ0) is 20.9. The fourth-order valence-corrected chi connectivity index (χ4v) is 3.44. The molecule has 0 aromatic heterocycles. The van der Waals surface area contributed by atoms with Gasteiger partial charge in [0.15, 0.2) is 6.61 Å². The number of imide groups is 1. The Morgan fingerprint density at radius 3 is 2.72 bits per heavy atom. The number of benzene rings is 1. The SMILES string of the molecule is C[C@]1(CCc2ccccc2)NC(=O)N(NC(=O)COC(=O)C[C@@H]2C=CCC2)C1=O. The molecule has 1 saturated heterocycles. The molecule has 1 aliphatic carbocycles. The van der Waals surface area contributed by atoms with Crippen LogP contribution >= 0.6 is 0 Å². The number of carbonyl (C=O) groups excluding carboxylic acids is 4. The van der Waals surface area contributed by atoms with Crippen molar-refractivity contribution in [1.82, 2.24) is 15.8 Å². The number of amides is 4. The van der Waals surface area contributed by atoms with Gasteiger partial charge in [-0.3, -0.25) is 19.8 Å². The van der Waals surface area contributed by atoms with Crippen LogP contribution in [0, 0.1) is 5.92 Å². The van der Waals surface area contributed by atoms with E-state index in [0.717, 1.165) is 18.4 Å². The van der Waals surface area contributed by atoms with Crippen molar-refractivity contribution in [2.24, 2.45) is 5.92 Å². The van der Waals surface area contributed by atoms with E-state index in [-0.39, 0.29) is 12.3 Å². The highest BCUT2D eigenvalue weighted by atomic mass is 16.5. The van der Waals surface area contributed by atoms with Crippen LogP contribution in [0.25, 0.3) is 0 Å². The zero-order valence-electron chi connectivity index (χ0n) is 16.3. The highest BCUT2D eigenvalue weighted by Gasteiger charge is 2.48. The van der Waals surface area contributed by atoms with Gasteiger partial charge >= 0.3 is 12.0 Å². The Hall–Kier alpha value is -3.16. The highest BCUT2D eigenvalue weighted by molar-refractivity contribution is 6.07. The van der Waals surface area contributed by atoms with Crippen molar-refractivity contribution in [2.45, 2.75) is 44.6 Å². The standard InChI is InChI=1S/C21H25N3O5/c1-21(12-11-15-7-3-2-4-8-15)19(27)24(20(28)22-21)23-17(25)14-29-18(26)13-16-9-5-6-10-16/h2-5,7-9,16H,6,10-14H2,1H3,(H,22,28)(H,23,25)/t16-,21-/m1/s1. The molecule has 1 fully saturated rings. The Labute approximate surface area is 169 Å². The van der Waals surface area contributed by atoms with Crippen molar-refractivity contribution in [3.8, 4) is 0 Å². The van der Waals surface area contributed by atoms with E-state index >= 15 is 0 Å². The van der Waals surface area contributed by atoms with Gasteiger partial charge in [0.25, 0.3) is 11.8 Å². The summed E-state index contributed by atoms with van der Waals surface area (Å²) in [5, 5.41) is 3.28. The minimum Gasteiger partial charge on any atom is -0.455 e. The maximum atomic E-state index is 12.7. The van der Waals surface area contributed by atoms with Gasteiger partial charge in [0.05, 0.1) is 6.42 Å². The summed E-state index contributed by atoms with van der Waals surface area (Å²) in [5.41, 5.74) is 2.15. The molecule has 1 aliphatic heterocycles. The second kappa shape index (κ2) is 8.89. The predicted molar refractivity (Wildman–Crippen MR) is 104 cm³/mol. The molecule has 2 N–H and O–H groups in total. The Bertz CT molecular complexity index is 823. The van der Waals surface area contributed by atoms with E-state index in [9.17, 15) is 19.2 Å². The van der Waals surface area contributed by atoms with E-state index in [1.54, 1.807) is 6.92 Å². The van der Waals surface area contributed by atoms with Gasteiger partial charge in [-0.1, -0.05) is 42.5 Å². The first-order valence-electron chi connectivity index (χ1n) is 9.70. The fraction of sp³-hybridized carbons (Fsp3) is 0.429. The van der Waals surface area contributed by atoms with E-state index < -0.39 is 36.0 Å². The molecule has 3 rings (SSSR count). The van der Waals surface area contributed by atoms with Crippen LogP contribution in [0.1, 0.15) is 38.2 Å². The summed E-state index contributed by atoms with van der Waals surface area (Å²) in [5.74, 6) is -1.63. The number of aryl methyl sites for hydroxylation is 1. The third-order valence-corrected chi connectivity index (χ3v) is 5.16. The number of nitrogens with one attached hydrogen (secondary N) is 2. The first kappa shape index (κ1) is 20.6. The molecule has 1 aromatic rings. The Morgan fingerprint density at radius 2 is 2.03 bits per heavy atom. The van der Waals surface area contributed by atoms with E-state index in [1.807, 2.05) is 42.5 Å². The van der Waals surface area contributed by atoms with Crippen LogP contribution in [0.5, 0.6) is 0 Å². The van der Waals surface area contributed by atoms with Gasteiger partial charge in [-0.15, -0.1) is 0 Å². The molecule has 0 unspecified atom stereocenters. The lowest BCUT2D eigenvalue weighted by Gasteiger charge is -2.21. The molecule has 29 heavy (non-hydrogen) atoms. The third kappa shape index (κ3) is 5.22. The van der Waals surface area contributed by atoms with Crippen molar-refractivity contribution >= 4 is 23.8 Å². The number of rotatable bonds is 8. The molecular formula is C21H25N3O5. The van der Waals surface area contributed by atoms with Gasteiger partial charge in [0.2, 0.25) is 0 Å². The number of esters is 1. The zero-order valence-corrected chi connectivity index (χ0v) is 16.3. The molecule has 1 aromatic carbocycles. The molecule has 154 valence electrons. The summed E-state index contributed by atoms with van der Waals surface area (Å²) < 4.78 is 4.95. The van der Waals surface area contributed by atoms with Crippen molar-refractivity contribution in [2.75, 3.05) is 6.61 Å². The lowest BCUT2D eigenvalue weighted by Crippen LogP contribution is -2.50. The average Bonchev–Trinajstić information content (AvgIpc) is 3.28. The van der Waals surface area contributed by atoms with Crippen LogP contribution in [0.4, 0.5) is 4.79 Å². The van der Waals surface area contributed by atoms with Crippen molar-refractivity contribution < 1.29 is 23.9 Å². The van der Waals surface area contributed by atoms with Crippen LogP contribution in [0.2, 0.25) is 0 Å². The van der Waals surface area contributed by atoms with E-state index in [0.29, 0.717) is 17.9 Å². The lowest BCUT2D eigenvalue weighted by molar-refractivity contribution is -0.151. The van der Waals surface area contributed by atoms with Gasteiger partial charge < -0.3 is 10.1 Å². The van der Waals surface area contributed by atoms with E-state index in [4.69, 9.17) is 4.74 Å². The third-order valence-electron chi connectivity index (χ3n) is 5.16. The number of ether oxygens (including phenoxy) is 1. The fourth-order valence-electron chi connectivity index (χ4n) is 3.44. The highest BCUT2D eigenvalue weighted by Crippen LogP contribution is 2.22. The number of hydrogen-bond acceptors (Lipinski definition) is 5. The average molecular weight is 399 g/mol. The second-order valence-electron chi connectivity index (χ2n) is 7.55. The van der Waals surface area contributed by atoms with Crippen LogP contribution in [0.15, 0.2) is 42.5 Å². The van der Waals surface area contributed by atoms with Gasteiger partial charge in [-0.25, -0.2) is 4.79 Å². The minimum atomic E-state index is -1.12. The molecule has 2 atom stereocenters. The number of hydrogen-bond donors (Lipinski definition) is 2. The number of urea groups is 1. The minimum absolute atomic E-state index is 0.141. The molecule has 8 nitrogen and oxygen atoms in total. The monoisotopic (exact) mass is 399 g/mol. The molecule has 1 heterocycles. The maximum Gasteiger partial charge on any atom is 0.344 e. The largest absolute Gasteiger partial charge is 0.455 e. The van der Waals surface area contributed by atoms with E-state index in [1.165, 1.54) is 0 Å². The Kier molecular flexibility index (Phi) is 6.31. The molecule has 8 heteroatoms. The van der Waals surface area contributed by atoms with Gasteiger partial charge in [-0.2, -0.15) is 5.01 Å². The summed E-state index contributed by atoms with van der Waals surface area (Å²) in [7, 11) is 0. The first-order chi connectivity index (χ1) is 13.9. The van der Waals surface area contributed by atoms with Crippen molar-refractivity contribution in [3.05, 3.63) is 48.0 Å². The Morgan fingerprint density at radius 1 is 1.28 bits per heavy atom. The maximum absolute atomic E-state index is 12.7. The molecule has 4 amide bonds. The normalized spacial score (nSPS) is 23.2. The molecule has 0 spiro atoms. The summed E-state index contributed by atoms with van der Waals surface area (Å²) in [4.78, 5) is 48.7. The van der Waals surface area contributed by atoms with Crippen molar-refractivity contribution in [3.63, 3.8) is 0 Å². The summed E-state index contributed by atoms with van der Waals surface area (Å²) in [6, 6.07) is 8.90. The van der Waals surface area contributed by atoms with Gasteiger partial charge in [0.1, 0.15) is 5.54 Å². The lowest BCUT2D eigenvalue weighted by atomic mass is 9.93. The summed E-state index contributed by atoms with van der Waals surface area (Å²) in [6.07, 6.45) is 7.00. The van der Waals surface area contributed by atoms with E-state index in [2.05, 4.69) is 10.7 Å². The number of allylic oxidation sites excluding steroid dienone is 2. The van der Waals surface area contributed by atoms with Crippen LogP contribution in [-0.2, 0) is 25.5 Å². The van der Waals surface area contributed by atoms with Crippen LogP contribution in [0.3, 0.4) is 0 Å². The number of carbonyl (C=O) groups is 4. The van der Waals surface area contributed by atoms with Gasteiger partial charge in [-0.05, 0) is 44.1 Å². The smallest absolute Gasteiger partial charge is 0.344 e. The number of nitrogens with zero attached hydrogens (tertiary/aromatic N) is 1. The quantitative estimate of drug-likeness (QED) is 0.394. The van der Waals surface area contributed by atoms with Crippen LogP contribution < -0.4 is 10.7 Å². The molecule has 2 aliphatic rings. The van der Waals surface area contributed by atoms with Crippen LogP contribution in [-0.4, -0.2) is 41.0 Å². The summed E-state index contributed by atoms with van der Waals surface area (Å²) in [6.45, 7) is 1.07. The predicted octanol–water partition coefficient (Wildman–Crippen LogP) is 1.86. The molecule has 0 radical (unpaired) electrons. The van der Waals surface area contributed by atoms with Gasteiger partial charge in [0, 0.05) is 0 Å². The second-order valence-corrected chi connectivity index (χ2v) is 7.55. The summed E-state index contributed by atoms with van der Waals surface area (Å²) >= 11 is 0. The molecule has 0 bridgehead atoms. The molecular weight excluding hydrogens is 374 g/mol. The first-order valence-corrected chi connectivity index (χ1v) is 9.70. The van der Waals surface area contributed by atoms with Crippen molar-refractivity contribution in [1.29, 1.82) is 0 Å². The Balaban J connectivity index is 1.47. The number of hydrazine groups is 1.